The van der Waals surface area contributed by atoms with Gasteiger partial charge in [0.05, 0.1) is 0 Å². The zero-order valence-electron chi connectivity index (χ0n) is 16.4. The molecule has 5 heteroatoms. The Balaban J connectivity index is 1.76. The number of carbonyl (C=O) groups is 1. The van der Waals surface area contributed by atoms with Gasteiger partial charge in [-0.3, -0.25) is 4.79 Å². The van der Waals surface area contributed by atoms with Crippen molar-refractivity contribution in [3.8, 4) is 11.8 Å². The van der Waals surface area contributed by atoms with Gasteiger partial charge in [0, 0.05) is 27.2 Å². The van der Waals surface area contributed by atoms with Crippen LogP contribution in [0.4, 0.5) is 0 Å². The van der Waals surface area contributed by atoms with Crippen LogP contribution in [0.15, 0.2) is 66.2 Å². The molecule has 1 N–H and O–H groups in total. The number of nitriles is 1. The maximum atomic E-state index is 12.5. The van der Waals surface area contributed by atoms with Crippen molar-refractivity contribution < 1.29 is 4.79 Å². The van der Waals surface area contributed by atoms with Crippen LogP contribution in [0.25, 0.3) is 11.8 Å². The van der Waals surface area contributed by atoms with E-state index in [0.29, 0.717) is 6.54 Å². The Morgan fingerprint density at radius 1 is 1.14 bits per heavy atom. The Bertz CT molecular complexity index is 1070. The van der Waals surface area contributed by atoms with E-state index < -0.39 is 0 Å². The van der Waals surface area contributed by atoms with E-state index >= 15 is 0 Å². The third kappa shape index (κ3) is 5.15. The van der Waals surface area contributed by atoms with Crippen molar-refractivity contribution in [2.75, 3.05) is 6.54 Å². The highest BCUT2D eigenvalue weighted by molar-refractivity contribution is 14.1. The molecule has 0 unspecified atom stereocenters. The van der Waals surface area contributed by atoms with Gasteiger partial charge in [-0.2, -0.15) is 5.26 Å². The maximum Gasteiger partial charge on any atom is 0.261 e. The number of halogens is 1. The van der Waals surface area contributed by atoms with Crippen LogP contribution in [0.1, 0.15) is 22.5 Å². The second kappa shape index (κ2) is 9.57. The van der Waals surface area contributed by atoms with Crippen LogP contribution in [-0.4, -0.2) is 17.0 Å². The molecule has 0 bridgehead atoms. The van der Waals surface area contributed by atoms with Crippen molar-refractivity contribution in [2.24, 2.45) is 0 Å². The normalized spacial score (nSPS) is 11.2. The van der Waals surface area contributed by atoms with E-state index in [1.165, 1.54) is 3.57 Å². The van der Waals surface area contributed by atoms with Crippen LogP contribution in [0.2, 0.25) is 0 Å². The zero-order valence-corrected chi connectivity index (χ0v) is 18.6. The monoisotopic (exact) mass is 495 g/mol. The molecule has 0 aliphatic heterocycles. The lowest BCUT2D eigenvalue weighted by molar-refractivity contribution is -0.117. The summed E-state index contributed by atoms with van der Waals surface area (Å²) in [7, 11) is 0. The van der Waals surface area contributed by atoms with Gasteiger partial charge in [0.25, 0.3) is 5.91 Å². The molecule has 0 saturated carbocycles. The molecule has 0 atom stereocenters. The average Bonchev–Trinajstić information content (AvgIpc) is 3.00. The molecule has 29 heavy (non-hydrogen) atoms. The van der Waals surface area contributed by atoms with Crippen molar-refractivity contribution in [3.05, 3.63) is 92.3 Å². The van der Waals surface area contributed by atoms with Crippen LogP contribution < -0.4 is 5.32 Å². The molecule has 0 aliphatic rings. The van der Waals surface area contributed by atoms with Crippen LogP contribution in [0.5, 0.6) is 0 Å². The van der Waals surface area contributed by atoms with E-state index in [1.807, 2.05) is 56.3 Å². The number of amides is 1. The van der Waals surface area contributed by atoms with Crippen LogP contribution in [0.3, 0.4) is 0 Å². The Morgan fingerprint density at radius 2 is 1.83 bits per heavy atom. The first-order valence-corrected chi connectivity index (χ1v) is 10.5. The smallest absolute Gasteiger partial charge is 0.261 e. The molecule has 1 aromatic heterocycles. The summed E-state index contributed by atoms with van der Waals surface area (Å²) in [5.41, 5.74) is 5.24. The molecular formula is C24H22IN3O. The molecule has 2 aromatic carbocycles. The fourth-order valence-corrected chi connectivity index (χ4v) is 3.65. The fourth-order valence-electron chi connectivity index (χ4n) is 3.29. The number of hydrogen-bond acceptors (Lipinski definition) is 2. The van der Waals surface area contributed by atoms with Crippen LogP contribution >= 0.6 is 22.6 Å². The Labute approximate surface area is 185 Å². The lowest BCUT2D eigenvalue weighted by Gasteiger charge is -2.10. The number of nitrogens with zero attached hydrogens (tertiary/aromatic N) is 2. The van der Waals surface area contributed by atoms with Crippen molar-refractivity contribution in [1.82, 2.24) is 9.88 Å². The molecule has 0 saturated heterocycles. The van der Waals surface area contributed by atoms with Gasteiger partial charge in [-0.15, -0.1) is 0 Å². The minimum absolute atomic E-state index is 0.112. The number of nitrogens with one attached hydrogen (secondary N) is 1. The highest BCUT2D eigenvalue weighted by Crippen LogP contribution is 2.23. The minimum atomic E-state index is -0.345. The summed E-state index contributed by atoms with van der Waals surface area (Å²) in [6, 6.07) is 22.2. The predicted octanol–water partition coefficient (Wildman–Crippen LogP) is 4.96. The maximum absolute atomic E-state index is 12.5. The van der Waals surface area contributed by atoms with Gasteiger partial charge in [-0.1, -0.05) is 30.3 Å². The van der Waals surface area contributed by atoms with Crippen molar-refractivity contribution >= 4 is 34.6 Å². The van der Waals surface area contributed by atoms with E-state index in [9.17, 15) is 10.1 Å². The highest BCUT2D eigenvalue weighted by atomic mass is 127. The molecule has 0 radical (unpaired) electrons. The van der Waals surface area contributed by atoms with E-state index in [-0.39, 0.29) is 11.5 Å². The van der Waals surface area contributed by atoms with Gasteiger partial charge in [-0.05, 0) is 90.4 Å². The van der Waals surface area contributed by atoms with Gasteiger partial charge in [0.2, 0.25) is 0 Å². The number of aromatic nitrogens is 1. The first-order chi connectivity index (χ1) is 14.0. The molecule has 1 amide bonds. The second-order valence-electron chi connectivity index (χ2n) is 6.80. The van der Waals surface area contributed by atoms with Gasteiger partial charge >= 0.3 is 0 Å². The lowest BCUT2D eigenvalue weighted by Crippen LogP contribution is -2.26. The van der Waals surface area contributed by atoms with E-state index in [0.717, 1.165) is 34.6 Å². The molecule has 4 nitrogen and oxygen atoms in total. The van der Waals surface area contributed by atoms with Gasteiger partial charge in [0.15, 0.2) is 0 Å². The second-order valence-corrected chi connectivity index (χ2v) is 8.05. The van der Waals surface area contributed by atoms with Gasteiger partial charge in [0.1, 0.15) is 11.6 Å². The summed E-state index contributed by atoms with van der Waals surface area (Å²) in [5, 5.41) is 12.3. The largest absolute Gasteiger partial charge is 0.351 e. The molecule has 1 heterocycles. The third-order valence-electron chi connectivity index (χ3n) is 4.76. The topological polar surface area (TPSA) is 57.8 Å². The predicted molar refractivity (Wildman–Crippen MR) is 125 cm³/mol. The first-order valence-electron chi connectivity index (χ1n) is 9.38. The average molecular weight is 495 g/mol. The van der Waals surface area contributed by atoms with Crippen molar-refractivity contribution in [2.45, 2.75) is 20.3 Å². The molecule has 0 fully saturated rings. The minimum Gasteiger partial charge on any atom is -0.351 e. The molecule has 3 rings (SSSR count). The van der Waals surface area contributed by atoms with Crippen LogP contribution in [-0.2, 0) is 11.2 Å². The quantitative estimate of drug-likeness (QED) is 0.299. The van der Waals surface area contributed by atoms with E-state index in [4.69, 9.17) is 0 Å². The number of aryl methyl sites for hydroxylation is 1. The highest BCUT2D eigenvalue weighted by Gasteiger charge is 2.13. The summed E-state index contributed by atoms with van der Waals surface area (Å²) >= 11 is 2.28. The van der Waals surface area contributed by atoms with Gasteiger partial charge in [-0.25, -0.2) is 0 Å². The van der Waals surface area contributed by atoms with E-state index in [2.05, 4.69) is 56.7 Å². The fraction of sp³-hybridized carbons (Fsp3) is 0.167. The Hall–Kier alpha value is -2.85. The van der Waals surface area contributed by atoms with Gasteiger partial charge < -0.3 is 9.88 Å². The summed E-state index contributed by atoms with van der Waals surface area (Å²) in [5.74, 6) is -0.345. The molecular weight excluding hydrogens is 473 g/mol. The summed E-state index contributed by atoms with van der Waals surface area (Å²) < 4.78 is 3.30. The van der Waals surface area contributed by atoms with Crippen molar-refractivity contribution in [3.63, 3.8) is 0 Å². The Morgan fingerprint density at radius 3 is 2.48 bits per heavy atom. The number of carbonyl (C=O) groups excluding carboxylic acids is 1. The SMILES string of the molecule is Cc1cc(/C=C(\C#N)C(=O)NCCc2ccccc2)c(C)n1-c1ccc(I)cc1. The number of hydrogen-bond donors (Lipinski definition) is 1. The molecule has 3 aromatic rings. The standard InChI is InChI=1S/C24H22IN3O/c1-17-14-20(18(2)28(17)23-10-8-22(25)9-11-23)15-21(16-26)24(29)27-13-12-19-6-4-3-5-7-19/h3-11,14-15H,12-13H2,1-2H3,(H,27,29)/b21-15+. The summed E-state index contributed by atoms with van der Waals surface area (Å²) in [6.07, 6.45) is 2.40. The number of benzene rings is 2. The first kappa shape index (κ1) is 20.9. The third-order valence-corrected chi connectivity index (χ3v) is 5.48. The molecule has 146 valence electrons. The zero-order chi connectivity index (χ0) is 20.8. The lowest BCUT2D eigenvalue weighted by atomic mass is 10.1. The van der Waals surface area contributed by atoms with Crippen LogP contribution in [0, 0.1) is 28.7 Å². The molecule has 0 spiro atoms. The summed E-state index contributed by atoms with van der Waals surface area (Å²) in [4.78, 5) is 12.5. The summed E-state index contributed by atoms with van der Waals surface area (Å²) in [6.45, 7) is 4.51. The molecule has 0 aliphatic carbocycles. The van der Waals surface area contributed by atoms with Crippen molar-refractivity contribution in [1.29, 1.82) is 5.26 Å². The van der Waals surface area contributed by atoms with E-state index in [1.54, 1.807) is 6.08 Å². The number of rotatable bonds is 6. The Kier molecular flexibility index (Phi) is 6.89.